The van der Waals surface area contributed by atoms with Crippen LogP contribution >= 0.6 is 11.6 Å². The third kappa shape index (κ3) is 2.88. The molecule has 0 bridgehead atoms. The number of likely N-dealkylation sites (N-methyl/N-ethyl adjacent to an activating group) is 1. The molecule has 18 heavy (non-hydrogen) atoms. The minimum absolute atomic E-state index is 0.112. The summed E-state index contributed by atoms with van der Waals surface area (Å²) in [5.41, 5.74) is 0. The summed E-state index contributed by atoms with van der Waals surface area (Å²) < 4.78 is 11.4. The normalized spacial score (nSPS) is 19.2. The van der Waals surface area contributed by atoms with Crippen LogP contribution < -0.4 is 9.47 Å². The summed E-state index contributed by atoms with van der Waals surface area (Å²) in [5.74, 6) is 1.35. The average molecular weight is 270 g/mol. The maximum atomic E-state index is 11.7. The Balaban J connectivity index is 1.96. The molecule has 1 amide bonds. The van der Waals surface area contributed by atoms with Crippen LogP contribution in [0.1, 0.15) is 6.92 Å². The lowest BCUT2D eigenvalue weighted by Gasteiger charge is -2.30. The third-order valence-electron chi connectivity index (χ3n) is 2.76. The van der Waals surface area contributed by atoms with Crippen molar-refractivity contribution >= 4 is 17.5 Å². The fourth-order valence-electron chi connectivity index (χ4n) is 1.85. The summed E-state index contributed by atoms with van der Waals surface area (Å²) in [6, 6.07) is 7.50. The van der Waals surface area contributed by atoms with Crippen molar-refractivity contribution in [1.29, 1.82) is 0 Å². The molecule has 0 fully saturated rings. The lowest BCUT2D eigenvalue weighted by molar-refractivity contribution is -0.130. The molecule has 1 aromatic rings. The second kappa shape index (κ2) is 5.48. The van der Waals surface area contributed by atoms with E-state index in [1.54, 1.807) is 18.9 Å². The van der Waals surface area contributed by atoms with Crippen molar-refractivity contribution < 1.29 is 14.3 Å². The van der Waals surface area contributed by atoms with Crippen LogP contribution in [0, 0.1) is 0 Å². The molecule has 1 aromatic carbocycles. The molecular formula is C13H16ClNO3. The van der Waals surface area contributed by atoms with Gasteiger partial charge < -0.3 is 14.4 Å². The summed E-state index contributed by atoms with van der Waals surface area (Å²) in [4.78, 5) is 13.2. The van der Waals surface area contributed by atoms with E-state index in [1.807, 2.05) is 24.3 Å². The Kier molecular flexibility index (Phi) is 3.97. The first-order valence-corrected chi connectivity index (χ1v) is 6.29. The smallest absolute Gasteiger partial charge is 0.240 e. The quantitative estimate of drug-likeness (QED) is 0.787. The lowest BCUT2D eigenvalue weighted by Crippen LogP contribution is -2.43. The zero-order valence-electron chi connectivity index (χ0n) is 10.4. The molecule has 98 valence electrons. The van der Waals surface area contributed by atoms with Gasteiger partial charge in [0.1, 0.15) is 12.0 Å². The van der Waals surface area contributed by atoms with Crippen LogP contribution in [0.15, 0.2) is 24.3 Å². The second-order valence-electron chi connectivity index (χ2n) is 4.33. The van der Waals surface area contributed by atoms with Crippen molar-refractivity contribution in [2.24, 2.45) is 0 Å². The number of para-hydroxylation sites is 2. The summed E-state index contributed by atoms with van der Waals surface area (Å²) in [5, 5.41) is -0.521. The fraction of sp³-hybridized carbons (Fsp3) is 0.462. The average Bonchev–Trinajstić information content (AvgIpc) is 2.37. The standard InChI is InChI=1S/C13H16ClNO3/c1-9(14)13(16)15(2)7-10-8-17-11-5-3-4-6-12(11)18-10/h3-6,9-10H,7-8H2,1-2H3/t9-,10-/m1/s1. The topological polar surface area (TPSA) is 38.8 Å². The van der Waals surface area contributed by atoms with Crippen LogP contribution in [0.2, 0.25) is 0 Å². The number of hydrogen-bond donors (Lipinski definition) is 0. The highest BCUT2D eigenvalue weighted by Gasteiger charge is 2.24. The van der Waals surface area contributed by atoms with E-state index in [9.17, 15) is 4.79 Å². The Morgan fingerprint density at radius 1 is 1.50 bits per heavy atom. The van der Waals surface area contributed by atoms with E-state index in [0.29, 0.717) is 18.9 Å². The van der Waals surface area contributed by atoms with Crippen molar-refractivity contribution in [3.63, 3.8) is 0 Å². The summed E-state index contributed by atoms with van der Waals surface area (Å²) >= 11 is 5.76. The number of hydrogen-bond acceptors (Lipinski definition) is 3. The monoisotopic (exact) mass is 269 g/mol. The number of fused-ring (bicyclic) bond motifs is 1. The van der Waals surface area contributed by atoms with Gasteiger partial charge in [0.25, 0.3) is 0 Å². The Morgan fingerprint density at radius 3 is 2.83 bits per heavy atom. The number of benzene rings is 1. The van der Waals surface area contributed by atoms with Crippen LogP contribution in [0.3, 0.4) is 0 Å². The molecule has 4 nitrogen and oxygen atoms in total. The van der Waals surface area contributed by atoms with Crippen LogP contribution in [0.4, 0.5) is 0 Å². The van der Waals surface area contributed by atoms with Crippen molar-refractivity contribution in [1.82, 2.24) is 4.90 Å². The number of ether oxygens (including phenoxy) is 2. The highest BCUT2D eigenvalue weighted by molar-refractivity contribution is 6.30. The molecular weight excluding hydrogens is 254 g/mol. The van der Waals surface area contributed by atoms with Crippen molar-refractivity contribution in [2.75, 3.05) is 20.2 Å². The van der Waals surface area contributed by atoms with E-state index >= 15 is 0 Å². The van der Waals surface area contributed by atoms with Gasteiger partial charge in [0.2, 0.25) is 5.91 Å². The van der Waals surface area contributed by atoms with E-state index in [0.717, 1.165) is 5.75 Å². The summed E-state index contributed by atoms with van der Waals surface area (Å²) in [7, 11) is 1.71. The van der Waals surface area contributed by atoms with Gasteiger partial charge in [-0.25, -0.2) is 0 Å². The number of nitrogens with zero attached hydrogens (tertiary/aromatic N) is 1. The first-order chi connectivity index (χ1) is 8.58. The molecule has 2 rings (SSSR count). The molecule has 1 heterocycles. The Hall–Kier alpha value is -1.42. The van der Waals surface area contributed by atoms with Crippen LogP contribution in [-0.2, 0) is 4.79 Å². The minimum atomic E-state index is -0.521. The van der Waals surface area contributed by atoms with E-state index in [2.05, 4.69) is 0 Å². The molecule has 0 unspecified atom stereocenters. The largest absolute Gasteiger partial charge is 0.486 e. The number of carbonyl (C=O) groups excluding carboxylic acids is 1. The Morgan fingerprint density at radius 2 is 2.17 bits per heavy atom. The van der Waals surface area contributed by atoms with Crippen molar-refractivity contribution in [3.8, 4) is 11.5 Å². The van der Waals surface area contributed by atoms with Crippen LogP contribution in [0.5, 0.6) is 11.5 Å². The highest BCUT2D eigenvalue weighted by atomic mass is 35.5. The predicted molar refractivity (Wildman–Crippen MR) is 69.3 cm³/mol. The molecule has 0 spiro atoms. The Labute approximate surface area is 111 Å². The van der Waals surface area contributed by atoms with Gasteiger partial charge in [-0.05, 0) is 19.1 Å². The maximum Gasteiger partial charge on any atom is 0.240 e. The van der Waals surface area contributed by atoms with Crippen molar-refractivity contribution in [3.05, 3.63) is 24.3 Å². The van der Waals surface area contributed by atoms with Gasteiger partial charge in [0.05, 0.1) is 6.54 Å². The molecule has 0 radical (unpaired) electrons. The van der Waals surface area contributed by atoms with Gasteiger partial charge in [-0.2, -0.15) is 0 Å². The molecule has 1 aliphatic rings. The van der Waals surface area contributed by atoms with Crippen LogP contribution in [0.25, 0.3) is 0 Å². The second-order valence-corrected chi connectivity index (χ2v) is 4.99. The molecule has 0 saturated heterocycles. The van der Waals surface area contributed by atoms with Gasteiger partial charge in [-0.3, -0.25) is 4.79 Å². The first kappa shape index (κ1) is 13.0. The van der Waals surface area contributed by atoms with E-state index < -0.39 is 5.38 Å². The SMILES string of the molecule is C[C@@H](Cl)C(=O)N(C)C[C@@H]1COc2ccccc2O1. The molecule has 1 aliphatic heterocycles. The zero-order chi connectivity index (χ0) is 13.1. The lowest BCUT2D eigenvalue weighted by atomic mass is 10.2. The maximum absolute atomic E-state index is 11.7. The Bertz CT molecular complexity index is 436. The highest BCUT2D eigenvalue weighted by Crippen LogP contribution is 2.30. The molecule has 0 saturated carbocycles. The molecule has 5 heteroatoms. The molecule has 2 atom stereocenters. The van der Waals surface area contributed by atoms with E-state index in [-0.39, 0.29) is 12.0 Å². The van der Waals surface area contributed by atoms with Gasteiger partial charge >= 0.3 is 0 Å². The van der Waals surface area contributed by atoms with Crippen LogP contribution in [-0.4, -0.2) is 42.5 Å². The van der Waals surface area contributed by atoms with Crippen molar-refractivity contribution in [2.45, 2.75) is 18.4 Å². The first-order valence-electron chi connectivity index (χ1n) is 5.85. The summed E-state index contributed by atoms with van der Waals surface area (Å²) in [6.45, 7) is 2.56. The number of rotatable bonds is 3. The van der Waals surface area contributed by atoms with Gasteiger partial charge in [0, 0.05) is 7.05 Å². The molecule has 0 aromatic heterocycles. The van der Waals surface area contributed by atoms with E-state index in [1.165, 1.54) is 0 Å². The van der Waals surface area contributed by atoms with Gasteiger partial charge in [-0.15, -0.1) is 11.6 Å². The predicted octanol–water partition coefficient (Wildman–Crippen LogP) is 1.91. The van der Waals surface area contributed by atoms with Gasteiger partial charge in [0.15, 0.2) is 17.6 Å². The molecule has 0 N–H and O–H groups in total. The van der Waals surface area contributed by atoms with E-state index in [4.69, 9.17) is 21.1 Å². The minimum Gasteiger partial charge on any atom is -0.486 e. The number of alkyl halides is 1. The third-order valence-corrected chi connectivity index (χ3v) is 2.95. The van der Waals surface area contributed by atoms with Gasteiger partial charge in [-0.1, -0.05) is 12.1 Å². The number of amides is 1. The molecule has 0 aliphatic carbocycles. The summed E-state index contributed by atoms with van der Waals surface area (Å²) in [6.07, 6.45) is -0.163. The number of carbonyl (C=O) groups is 1. The zero-order valence-corrected chi connectivity index (χ0v) is 11.2. The fourth-order valence-corrected chi connectivity index (χ4v) is 2.02. The number of halogens is 1.